The molecule has 0 bridgehead atoms. The Kier molecular flexibility index (Phi) is 4.17. The highest BCUT2D eigenvalue weighted by atomic mass is 16.5. The number of ether oxygens (including phenoxy) is 1. The van der Waals surface area contributed by atoms with Crippen LogP contribution in [-0.2, 0) is 6.61 Å². The molecule has 0 saturated heterocycles. The average Bonchev–Trinajstić information content (AvgIpc) is 2.38. The summed E-state index contributed by atoms with van der Waals surface area (Å²) in [5, 5.41) is 9.19. The van der Waals surface area contributed by atoms with E-state index < -0.39 is 0 Å². The molecule has 0 unspecified atom stereocenters. The van der Waals surface area contributed by atoms with Gasteiger partial charge in [0, 0.05) is 11.8 Å². The van der Waals surface area contributed by atoms with Crippen LogP contribution < -0.4 is 4.74 Å². The zero-order valence-corrected chi connectivity index (χ0v) is 11.6. The summed E-state index contributed by atoms with van der Waals surface area (Å²) in [6, 6.07) is 11.6. The van der Waals surface area contributed by atoms with Gasteiger partial charge in [-0.15, -0.1) is 0 Å². The lowest BCUT2D eigenvalue weighted by Gasteiger charge is -2.10. The predicted octanol–water partition coefficient (Wildman–Crippen LogP) is 3.80. The number of nitrogens with zero attached hydrogens (tertiary/aromatic N) is 1. The van der Waals surface area contributed by atoms with E-state index in [-0.39, 0.29) is 6.61 Å². The molecular formula is C16H19NO2. The molecule has 1 N–H and O–H groups in total. The molecule has 0 aliphatic heterocycles. The highest BCUT2D eigenvalue weighted by Crippen LogP contribution is 2.25. The van der Waals surface area contributed by atoms with Gasteiger partial charge in [0.25, 0.3) is 0 Å². The van der Waals surface area contributed by atoms with E-state index in [1.165, 1.54) is 5.56 Å². The Labute approximate surface area is 113 Å². The highest BCUT2D eigenvalue weighted by Gasteiger charge is 2.05. The Bertz CT molecular complexity index is 564. The fourth-order valence-corrected chi connectivity index (χ4v) is 1.91. The normalized spacial score (nSPS) is 10.8. The molecule has 19 heavy (non-hydrogen) atoms. The zero-order valence-electron chi connectivity index (χ0n) is 11.6. The third-order valence-electron chi connectivity index (χ3n) is 2.92. The summed E-state index contributed by atoms with van der Waals surface area (Å²) in [6.45, 7) is 6.17. The Hall–Kier alpha value is -1.87. The van der Waals surface area contributed by atoms with Gasteiger partial charge in [-0.25, -0.2) is 4.98 Å². The molecule has 100 valence electrons. The smallest absolute Gasteiger partial charge is 0.219 e. The molecule has 2 aromatic rings. The number of hydrogen-bond donors (Lipinski definition) is 1. The first-order valence-corrected chi connectivity index (χ1v) is 6.44. The average molecular weight is 257 g/mol. The van der Waals surface area contributed by atoms with Crippen molar-refractivity contribution in [3.05, 3.63) is 53.2 Å². The van der Waals surface area contributed by atoms with Crippen LogP contribution in [0.25, 0.3) is 0 Å². The number of aliphatic hydroxyl groups excluding tert-OH is 1. The van der Waals surface area contributed by atoms with Gasteiger partial charge in [0.2, 0.25) is 5.88 Å². The number of aliphatic hydroxyl groups is 1. The van der Waals surface area contributed by atoms with Crippen molar-refractivity contribution in [1.82, 2.24) is 4.98 Å². The van der Waals surface area contributed by atoms with E-state index >= 15 is 0 Å². The third kappa shape index (κ3) is 3.55. The molecule has 0 radical (unpaired) electrons. The summed E-state index contributed by atoms with van der Waals surface area (Å²) in [5.41, 5.74) is 2.87. The van der Waals surface area contributed by atoms with Crippen molar-refractivity contribution >= 4 is 0 Å². The fourth-order valence-electron chi connectivity index (χ4n) is 1.91. The lowest BCUT2D eigenvalue weighted by molar-refractivity contribution is 0.281. The minimum atomic E-state index is -0.00818. The van der Waals surface area contributed by atoms with Crippen molar-refractivity contribution in [2.24, 2.45) is 0 Å². The minimum Gasteiger partial charge on any atom is -0.439 e. The van der Waals surface area contributed by atoms with Gasteiger partial charge in [0.1, 0.15) is 5.75 Å². The van der Waals surface area contributed by atoms with Gasteiger partial charge < -0.3 is 9.84 Å². The van der Waals surface area contributed by atoms with Gasteiger partial charge in [0.15, 0.2) is 0 Å². The number of rotatable bonds is 4. The maximum Gasteiger partial charge on any atom is 0.219 e. The number of hydrogen-bond acceptors (Lipinski definition) is 3. The van der Waals surface area contributed by atoms with Crippen LogP contribution in [0.4, 0.5) is 0 Å². The third-order valence-corrected chi connectivity index (χ3v) is 2.92. The quantitative estimate of drug-likeness (QED) is 0.906. The van der Waals surface area contributed by atoms with E-state index in [1.807, 2.05) is 31.2 Å². The number of pyridine rings is 1. The predicted molar refractivity (Wildman–Crippen MR) is 75.5 cm³/mol. The van der Waals surface area contributed by atoms with Crippen LogP contribution in [0.3, 0.4) is 0 Å². The molecular weight excluding hydrogens is 238 g/mol. The largest absolute Gasteiger partial charge is 0.439 e. The molecule has 1 aromatic heterocycles. The first-order chi connectivity index (χ1) is 9.08. The van der Waals surface area contributed by atoms with Crippen molar-refractivity contribution in [2.75, 3.05) is 0 Å². The molecule has 0 aliphatic rings. The molecule has 2 rings (SSSR count). The van der Waals surface area contributed by atoms with E-state index in [1.54, 1.807) is 6.07 Å². The molecule has 0 amide bonds. The van der Waals surface area contributed by atoms with Crippen LogP contribution in [0.5, 0.6) is 11.6 Å². The monoisotopic (exact) mass is 257 g/mol. The van der Waals surface area contributed by atoms with E-state index in [0.717, 1.165) is 17.0 Å². The lowest BCUT2D eigenvalue weighted by atomic mass is 10.0. The molecule has 3 heteroatoms. The van der Waals surface area contributed by atoms with Crippen LogP contribution in [0.1, 0.15) is 36.6 Å². The van der Waals surface area contributed by atoms with Crippen LogP contribution in [-0.4, -0.2) is 10.1 Å². The van der Waals surface area contributed by atoms with Gasteiger partial charge in [-0.3, -0.25) is 0 Å². The topological polar surface area (TPSA) is 42.4 Å². The summed E-state index contributed by atoms with van der Waals surface area (Å²) >= 11 is 0. The Morgan fingerprint density at radius 1 is 1.21 bits per heavy atom. The van der Waals surface area contributed by atoms with Gasteiger partial charge >= 0.3 is 0 Å². The Morgan fingerprint density at radius 2 is 2.00 bits per heavy atom. The van der Waals surface area contributed by atoms with Crippen molar-refractivity contribution in [3.8, 4) is 11.6 Å². The van der Waals surface area contributed by atoms with E-state index in [0.29, 0.717) is 11.8 Å². The minimum absolute atomic E-state index is 0.00818. The first-order valence-electron chi connectivity index (χ1n) is 6.44. The van der Waals surface area contributed by atoms with Crippen molar-refractivity contribution in [3.63, 3.8) is 0 Å². The van der Waals surface area contributed by atoms with Gasteiger partial charge in [-0.2, -0.15) is 0 Å². The Morgan fingerprint density at radius 3 is 2.68 bits per heavy atom. The molecule has 0 aliphatic carbocycles. The summed E-state index contributed by atoms with van der Waals surface area (Å²) < 4.78 is 5.77. The van der Waals surface area contributed by atoms with Gasteiger partial charge in [-0.05, 0) is 42.2 Å². The number of benzene rings is 1. The van der Waals surface area contributed by atoms with Gasteiger partial charge in [0.05, 0.1) is 6.61 Å². The summed E-state index contributed by atoms with van der Waals surface area (Å²) in [7, 11) is 0. The van der Waals surface area contributed by atoms with Crippen LogP contribution in [0.15, 0.2) is 36.4 Å². The second kappa shape index (κ2) is 5.85. The standard InChI is InChI=1S/C16H19NO2/c1-11(2)14-5-4-6-15(9-14)19-16-8-13(10-18)7-12(3)17-16/h4-9,11,18H,10H2,1-3H3. The molecule has 0 fully saturated rings. The summed E-state index contributed by atoms with van der Waals surface area (Å²) in [4.78, 5) is 4.32. The van der Waals surface area contributed by atoms with Crippen LogP contribution in [0, 0.1) is 6.92 Å². The van der Waals surface area contributed by atoms with Crippen LogP contribution in [0.2, 0.25) is 0 Å². The van der Waals surface area contributed by atoms with Crippen LogP contribution >= 0.6 is 0 Å². The maximum atomic E-state index is 9.19. The van der Waals surface area contributed by atoms with Gasteiger partial charge in [-0.1, -0.05) is 26.0 Å². The maximum absolute atomic E-state index is 9.19. The fraction of sp³-hybridized carbons (Fsp3) is 0.312. The van der Waals surface area contributed by atoms with Crippen molar-refractivity contribution in [2.45, 2.75) is 33.3 Å². The number of aryl methyl sites for hydroxylation is 1. The second-order valence-corrected chi connectivity index (χ2v) is 4.94. The first kappa shape index (κ1) is 13.6. The number of aromatic nitrogens is 1. The van der Waals surface area contributed by atoms with E-state index in [9.17, 15) is 5.11 Å². The summed E-state index contributed by atoms with van der Waals surface area (Å²) in [5.74, 6) is 1.75. The molecule has 0 atom stereocenters. The lowest BCUT2D eigenvalue weighted by Crippen LogP contribution is -1.95. The van der Waals surface area contributed by atoms with Crippen molar-refractivity contribution < 1.29 is 9.84 Å². The van der Waals surface area contributed by atoms with E-state index in [2.05, 4.69) is 24.9 Å². The summed E-state index contributed by atoms with van der Waals surface area (Å²) in [6.07, 6.45) is 0. The molecule has 0 saturated carbocycles. The SMILES string of the molecule is Cc1cc(CO)cc(Oc2cccc(C(C)C)c2)n1. The zero-order chi connectivity index (χ0) is 13.8. The molecule has 3 nitrogen and oxygen atoms in total. The molecule has 0 spiro atoms. The molecule has 1 heterocycles. The Balaban J connectivity index is 2.25. The van der Waals surface area contributed by atoms with E-state index in [4.69, 9.17) is 4.74 Å². The second-order valence-electron chi connectivity index (χ2n) is 4.94. The highest BCUT2D eigenvalue weighted by molar-refractivity contribution is 5.34. The molecule has 1 aromatic carbocycles. The van der Waals surface area contributed by atoms with Crippen molar-refractivity contribution in [1.29, 1.82) is 0 Å².